The van der Waals surface area contributed by atoms with Crippen LogP contribution in [0.3, 0.4) is 0 Å². The van der Waals surface area contributed by atoms with Crippen LogP contribution in [-0.4, -0.2) is 25.5 Å². The minimum Gasteiger partial charge on any atom is -0.309 e. The molecule has 0 aromatic heterocycles. The number of fused-ring (bicyclic) bond motifs is 2. The fraction of sp³-hybridized carbons (Fsp3) is 0.222. The van der Waals surface area contributed by atoms with E-state index >= 15 is 0 Å². The Morgan fingerprint density at radius 2 is 1.86 bits per heavy atom. The summed E-state index contributed by atoms with van der Waals surface area (Å²) < 4.78 is 0. The summed E-state index contributed by atoms with van der Waals surface area (Å²) in [5, 5.41) is 0.802. The Bertz CT molecular complexity index is 691. The number of benzene rings is 2. The summed E-state index contributed by atoms with van der Waals surface area (Å²) in [6, 6.07) is 14.8. The molecule has 2 aromatic carbocycles. The third kappa shape index (κ3) is 3.34. The highest BCUT2D eigenvalue weighted by atomic mass is 35.5. The maximum atomic E-state index is 6.22. The number of hydrogen-bond acceptors (Lipinski definition) is 2. The van der Waals surface area contributed by atoms with Gasteiger partial charge in [0.2, 0.25) is 0 Å². The van der Waals surface area contributed by atoms with Gasteiger partial charge in [-0.25, -0.2) is 0 Å². The van der Waals surface area contributed by atoms with Gasteiger partial charge in [-0.05, 0) is 67.6 Å². The van der Waals surface area contributed by atoms with Crippen molar-refractivity contribution in [3.8, 4) is 0 Å². The number of nitrogens with zero attached hydrogens (tertiary/aromatic N) is 1. The first-order chi connectivity index (χ1) is 10.1. The van der Waals surface area contributed by atoms with Gasteiger partial charge in [0.25, 0.3) is 0 Å². The molecule has 0 saturated carbocycles. The zero-order valence-corrected chi connectivity index (χ0v) is 13.8. The second-order valence-corrected chi connectivity index (χ2v) is 7.02. The third-order valence-corrected chi connectivity index (χ3v) is 4.99. The third-order valence-electron chi connectivity index (χ3n) is 3.58. The van der Waals surface area contributed by atoms with Crippen LogP contribution >= 0.6 is 23.4 Å². The number of rotatable bonds is 3. The Morgan fingerprint density at radius 1 is 1.05 bits per heavy atom. The molecule has 1 nitrogen and oxygen atoms in total. The van der Waals surface area contributed by atoms with Crippen LogP contribution in [0.5, 0.6) is 0 Å². The molecule has 0 amide bonds. The zero-order chi connectivity index (χ0) is 14.8. The predicted molar refractivity (Wildman–Crippen MR) is 93.1 cm³/mol. The van der Waals surface area contributed by atoms with Crippen molar-refractivity contribution in [1.29, 1.82) is 0 Å². The van der Waals surface area contributed by atoms with Crippen LogP contribution in [0.4, 0.5) is 0 Å². The Morgan fingerprint density at radius 3 is 2.67 bits per heavy atom. The van der Waals surface area contributed by atoms with E-state index < -0.39 is 0 Å². The largest absolute Gasteiger partial charge is 0.309 e. The van der Waals surface area contributed by atoms with Crippen molar-refractivity contribution < 1.29 is 0 Å². The number of halogens is 1. The highest BCUT2D eigenvalue weighted by Gasteiger charge is 2.16. The summed E-state index contributed by atoms with van der Waals surface area (Å²) >= 11 is 8.05. The molecule has 3 heteroatoms. The van der Waals surface area contributed by atoms with Gasteiger partial charge in [0.05, 0.1) is 0 Å². The van der Waals surface area contributed by atoms with Gasteiger partial charge in [0.15, 0.2) is 0 Å². The number of hydrogen-bond donors (Lipinski definition) is 0. The maximum Gasteiger partial charge on any atom is 0.0412 e. The Kier molecular flexibility index (Phi) is 4.39. The predicted octanol–water partition coefficient (Wildman–Crippen LogP) is 5.30. The van der Waals surface area contributed by atoms with Crippen molar-refractivity contribution in [3.05, 3.63) is 58.6 Å². The van der Waals surface area contributed by atoms with E-state index in [2.05, 4.69) is 61.5 Å². The Balaban J connectivity index is 2.09. The molecule has 108 valence electrons. The van der Waals surface area contributed by atoms with Gasteiger partial charge in [0.1, 0.15) is 0 Å². The molecule has 0 atom stereocenters. The fourth-order valence-electron chi connectivity index (χ4n) is 2.47. The SMILES string of the molecule is CN(C)CCC1=Cc2ccccc2Sc2ccc(Cl)cc21. The lowest BCUT2D eigenvalue weighted by atomic mass is 9.99. The van der Waals surface area contributed by atoms with Gasteiger partial charge >= 0.3 is 0 Å². The molecular weight excluding hydrogens is 298 g/mol. The van der Waals surface area contributed by atoms with E-state index in [1.807, 2.05) is 17.8 Å². The second kappa shape index (κ2) is 6.27. The average molecular weight is 316 g/mol. The smallest absolute Gasteiger partial charge is 0.0412 e. The maximum absolute atomic E-state index is 6.22. The lowest BCUT2D eigenvalue weighted by molar-refractivity contribution is 0.419. The van der Waals surface area contributed by atoms with Gasteiger partial charge in [-0.2, -0.15) is 0 Å². The highest BCUT2D eigenvalue weighted by Crippen LogP contribution is 2.42. The molecule has 0 N–H and O–H groups in total. The first-order valence-corrected chi connectivity index (χ1v) is 8.25. The van der Waals surface area contributed by atoms with E-state index in [0.29, 0.717) is 0 Å². The van der Waals surface area contributed by atoms with Gasteiger partial charge in [-0.3, -0.25) is 0 Å². The molecule has 0 aliphatic carbocycles. The van der Waals surface area contributed by atoms with E-state index in [0.717, 1.165) is 18.0 Å². The molecule has 21 heavy (non-hydrogen) atoms. The van der Waals surface area contributed by atoms with Crippen molar-refractivity contribution in [2.24, 2.45) is 0 Å². The van der Waals surface area contributed by atoms with E-state index in [1.54, 1.807) is 0 Å². The molecule has 0 unspecified atom stereocenters. The molecule has 0 saturated heterocycles. The lowest BCUT2D eigenvalue weighted by Crippen LogP contribution is -2.13. The minimum atomic E-state index is 0.802. The summed E-state index contributed by atoms with van der Waals surface area (Å²) in [5.41, 5.74) is 3.92. The zero-order valence-electron chi connectivity index (χ0n) is 12.3. The van der Waals surface area contributed by atoms with Crippen molar-refractivity contribution in [2.75, 3.05) is 20.6 Å². The van der Waals surface area contributed by atoms with Gasteiger partial charge < -0.3 is 4.90 Å². The molecule has 1 aliphatic rings. The molecule has 0 fully saturated rings. The van der Waals surface area contributed by atoms with Crippen LogP contribution in [0, 0.1) is 0 Å². The lowest BCUT2D eigenvalue weighted by Gasteiger charge is -2.14. The van der Waals surface area contributed by atoms with Crippen molar-refractivity contribution in [2.45, 2.75) is 16.2 Å². The summed E-state index contributed by atoms with van der Waals surface area (Å²) in [4.78, 5) is 4.81. The molecule has 2 aromatic rings. The van der Waals surface area contributed by atoms with E-state index in [1.165, 1.54) is 26.5 Å². The highest BCUT2D eigenvalue weighted by molar-refractivity contribution is 7.99. The van der Waals surface area contributed by atoms with Crippen LogP contribution in [0.2, 0.25) is 5.02 Å². The standard InChI is InChI=1S/C18H18ClNS/c1-20(2)10-9-13-11-14-5-3-4-6-17(14)21-18-8-7-15(19)12-16(13)18/h3-8,11-12H,9-10H2,1-2H3. The van der Waals surface area contributed by atoms with Crippen LogP contribution in [0.1, 0.15) is 17.5 Å². The normalized spacial score (nSPS) is 13.4. The molecule has 0 bridgehead atoms. The van der Waals surface area contributed by atoms with Crippen LogP contribution in [-0.2, 0) is 0 Å². The van der Waals surface area contributed by atoms with E-state index in [-0.39, 0.29) is 0 Å². The topological polar surface area (TPSA) is 3.24 Å². The monoisotopic (exact) mass is 315 g/mol. The first-order valence-electron chi connectivity index (χ1n) is 7.05. The minimum absolute atomic E-state index is 0.802. The summed E-state index contributed by atoms with van der Waals surface area (Å²) in [5.74, 6) is 0. The average Bonchev–Trinajstić information content (AvgIpc) is 2.61. The van der Waals surface area contributed by atoms with Crippen LogP contribution in [0.25, 0.3) is 11.6 Å². The van der Waals surface area contributed by atoms with E-state index in [4.69, 9.17) is 11.6 Å². The molecule has 0 radical (unpaired) electrons. The summed E-state index contributed by atoms with van der Waals surface area (Å²) in [7, 11) is 4.22. The summed E-state index contributed by atoms with van der Waals surface area (Å²) in [6.45, 7) is 1.03. The van der Waals surface area contributed by atoms with Gasteiger partial charge in [-0.15, -0.1) is 0 Å². The molecular formula is C18H18ClNS. The fourth-order valence-corrected chi connectivity index (χ4v) is 3.71. The first kappa shape index (κ1) is 14.7. The van der Waals surface area contributed by atoms with Gasteiger partial charge in [-0.1, -0.05) is 41.6 Å². The molecule has 3 rings (SSSR count). The second-order valence-electron chi connectivity index (χ2n) is 5.50. The quantitative estimate of drug-likeness (QED) is 0.756. The van der Waals surface area contributed by atoms with Gasteiger partial charge in [0, 0.05) is 21.4 Å². The van der Waals surface area contributed by atoms with Crippen molar-refractivity contribution >= 4 is 35.0 Å². The van der Waals surface area contributed by atoms with Crippen molar-refractivity contribution in [1.82, 2.24) is 4.90 Å². The van der Waals surface area contributed by atoms with Crippen LogP contribution < -0.4 is 0 Å². The van der Waals surface area contributed by atoms with Crippen molar-refractivity contribution in [3.63, 3.8) is 0 Å². The molecule has 1 aliphatic heterocycles. The van der Waals surface area contributed by atoms with E-state index in [9.17, 15) is 0 Å². The Hall–Kier alpha value is -1.22. The Labute approximate surface area is 135 Å². The molecule has 1 heterocycles. The molecule has 0 spiro atoms. The summed E-state index contributed by atoms with van der Waals surface area (Å²) in [6.07, 6.45) is 3.34. The van der Waals surface area contributed by atoms with Crippen LogP contribution in [0.15, 0.2) is 52.3 Å².